The third-order valence-electron chi connectivity index (χ3n) is 2.95. The maximum Gasteiger partial charge on any atom is 0.307 e. The van der Waals surface area contributed by atoms with Crippen LogP contribution in [0.25, 0.3) is 0 Å². The zero-order valence-electron chi connectivity index (χ0n) is 10.1. The Balaban J connectivity index is 1.88. The molecule has 18 heavy (non-hydrogen) atoms. The summed E-state index contributed by atoms with van der Waals surface area (Å²) in [6.07, 6.45) is 0.684. The van der Waals surface area contributed by atoms with Crippen LogP contribution in [0.2, 0.25) is 0 Å². The van der Waals surface area contributed by atoms with Crippen LogP contribution in [-0.4, -0.2) is 28.0 Å². The van der Waals surface area contributed by atoms with Crippen molar-refractivity contribution in [1.29, 1.82) is 0 Å². The number of fused-ring (bicyclic) bond motifs is 1. The molecule has 0 aliphatic carbocycles. The standard InChI is InChI=1S/C13H15NO3S/c1-8(12(15)16)7-18-13(17)11-6-9-4-2-3-5-10(9)14-11/h2-5,8,11,14H,6-7H2,1H3,(H,15,16). The number of anilines is 1. The van der Waals surface area contributed by atoms with E-state index < -0.39 is 11.9 Å². The molecule has 2 unspecified atom stereocenters. The number of rotatable bonds is 4. The molecule has 0 spiro atoms. The van der Waals surface area contributed by atoms with Crippen molar-refractivity contribution in [2.24, 2.45) is 5.92 Å². The second-order valence-corrected chi connectivity index (χ2v) is 5.45. The van der Waals surface area contributed by atoms with Gasteiger partial charge in [-0.1, -0.05) is 36.9 Å². The lowest BCUT2D eigenvalue weighted by atomic mass is 10.1. The van der Waals surface area contributed by atoms with E-state index >= 15 is 0 Å². The Morgan fingerprint density at radius 1 is 1.50 bits per heavy atom. The zero-order chi connectivity index (χ0) is 13.1. The summed E-state index contributed by atoms with van der Waals surface area (Å²) < 4.78 is 0. The first-order chi connectivity index (χ1) is 8.58. The SMILES string of the molecule is CC(CSC(=O)C1Cc2ccccc2N1)C(=O)O. The molecule has 0 bridgehead atoms. The minimum atomic E-state index is -0.863. The number of carboxylic acid groups (broad SMARTS) is 1. The van der Waals surface area contributed by atoms with Gasteiger partial charge in [-0.05, 0) is 11.6 Å². The molecule has 1 aliphatic heterocycles. The predicted octanol–water partition coefficient (Wildman–Crippen LogP) is 2.00. The monoisotopic (exact) mass is 265 g/mol. The quantitative estimate of drug-likeness (QED) is 0.871. The van der Waals surface area contributed by atoms with Gasteiger partial charge >= 0.3 is 5.97 Å². The molecule has 0 aromatic heterocycles. The summed E-state index contributed by atoms with van der Waals surface area (Å²) in [5.41, 5.74) is 2.14. The number of carbonyl (C=O) groups is 2. The number of hydrogen-bond donors (Lipinski definition) is 2. The number of carboxylic acids is 1. The molecular weight excluding hydrogens is 250 g/mol. The summed E-state index contributed by atoms with van der Waals surface area (Å²) in [5, 5.41) is 11.9. The summed E-state index contributed by atoms with van der Waals surface area (Å²) in [4.78, 5) is 22.6. The Kier molecular flexibility index (Phi) is 3.91. The molecule has 1 heterocycles. The second-order valence-electron chi connectivity index (χ2n) is 4.43. The molecule has 0 saturated carbocycles. The van der Waals surface area contributed by atoms with Gasteiger partial charge in [0.2, 0.25) is 5.12 Å². The van der Waals surface area contributed by atoms with Gasteiger partial charge in [0.15, 0.2) is 0 Å². The summed E-state index contributed by atoms with van der Waals surface area (Å²) in [6.45, 7) is 1.61. The largest absolute Gasteiger partial charge is 0.481 e. The highest BCUT2D eigenvalue weighted by Crippen LogP contribution is 2.27. The van der Waals surface area contributed by atoms with Crippen LogP contribution in [0.5, 0.6) is 0 Å². The van der Waals surface area contributed by atoms with E-state index in [-0.39, 0.29) is 11.2 Å². The number of nitrogens with one attached hydrogen (secondary N) is 1. The van der Waals surface area contributed by atoms with Gasteiger partial charge in [-0.3, -0.25) is 9.59 Å². The number of para-hydroxylation sites is 1. The lowest BCUT2D eigenvalue weighted by Gasteiger charge is -2.10. The van der Waals surface area contributed by atoms with Gasteiger partial charge in [-0.15, -0.1) is 0 Å². The van der Waals surface area contributed by atoms with E-state index in [1.165, 1.54) is 0 Å². The van der Waals surface area contributed by atoms with Gasteiger partial charge in [0.1, 0.15) is 0 Å². The average molecular weight is 265 g/mol. The maximum absolute atomic E-state index is 11.9. The molecule has 1 aromatic carbocycles. The molecule has 1 aromatic rings. The van der Waals surface area contributed by atoms with E-state index in [4.69, 9.17) is 5.11 Å². The van der Waals surface area contributed by atoms with Crippen LogP contribution in [0, 0.1) is 5.92 Å². The number of thioether (sulfide) groups is 1. The van der Waals surface area contributed by atoms with Crippen molar-refractivity contribution in [3.63, 3.8) is 0 Å². The maximum atomic E-state index is 11.9. The zero-order valence-corrected chi connectivity index (χ0v) is 10.9. The molecule has 0 amide bonds. The molecule has 2 rings (SSSR count). The normalized spacial score (nSPS) is 18.8. The van der Waals surface area contributed by atoms with E-state index in [0.717, 1.165) is 23.0 Å². The van der Waals surface area contributed by atoms with Crippen LogP contribution in [0.3, 0.4) is 0 Å². The van der Waals surface area contributed by atoms with Crippen molar-refractivity contribution < 1.29 is 14.7 Å². The van der Waals surface area contributed by atoms with Gasteiger partial charge in [-0.2, -0.15) is 0 Å². The van der Waals surface area contributed by atoms with Crippen LogP contribution in [0.15, 0.2) is 24.3 Å². The van der Waals surface area contributed by atoms with Crippen molar-refractivity contribution in [1.82, 2.24) is 0 Å². The predicted molar refractivity (Wildman–Crippen MR) is 71.8 cm³/mol. The van der Waals surface area contributed by atoms with E-state index in [9.17, 15) is 9.59 Å². The minimum absolute atomic E-state index is 0.0132. The van der Waals surface area contributed by atoms with E-state index in [0.29, 0.717) is 12.2 Å². The second kappa shape index (κ2) is 5.44. The molecule has 4 nitrogen and oxygen atoms in total. The third-order valence-corrected chi connectivity index (χ3v) is 4.19. The Bertz CT molecular complexity index is 450. The summed E-state index contributed by atoms with van der Waals surface area (Å²) in [7, 11) is 0. The molecule has 0 radical (unpaired) electrons. The first-order valence-corrected chi connectivity index (χ1v) is 6.80. The van der Waals surface area contributed by atoms with E-state index in [1.54, 1.807) is 6.92 Å². The van der Waals surface area contributed by atoms with Gasteiger partial charge in [0, 0.05) is 17.9 Å². The van der Waals surface area contributed by atoms with Gasteiger partial charge in [0.05, 0.1) is 12.0 Å². The van der Waals surface area contributed by atoms with Crippen LogP contribution in [-0.2, 0) is 16.0 Å². The van der Waals surface area contributed by atoms with Crippen molar-refractivity contribution in [3.8, 4) is 0 Å². The summed E-state index contributed by atoms with van der Waals surface area (Å²) >= 11 is 1.10. The van der Waals surface area contributed by atoms with Gasteiger partial charge < -0.3 is 10.4 Å². The average Bonchev–Trinajstić information content (AvgIpc) is 2.79. The fraction of sp³-hybridized carbons (Fsp3) is 0.385. The number of aliphatic carboxylic acids is 1. The minimum Gasteiger partial charge on any atom is -0.481 e. The highest BCUT2D eigenvalue weighted by molar-refractivity contribution is 8.13. The van der Waals surface area contributed by atoms with Crippen molar-refractivity contribution >= 4 is 28.5 Å². The molecular formula is C13H15NO3S. The molecule has 0 fully saturated rings. The molecule has 2 N–H and O–H groups in total. The Morgan fingerprint density at radius 2 is 2.22 bits per heavy atom. The Morgan fingerprint density at radius 3 is 2.89 bits per heavy atom. The molecule has 5 heteroatoms. The molecule has 96 valence electrons. The van der Waals surface area contributed by atoms with Crippen LogP contribution in [0.4, 0.5) is 5.69 Å². The van der Waals surface area contributed by atoms with Crippen LogP contribution < -0.4 is 5.32 Å². The van der Waals surface area contributed by atoms with E-state index in [1.807, 2.05) is 24.3 Å². The number of hydrogen-bond acceptors (Lipinski definition) is 4. The van der Waals surface area contributed by atoms with E-state index in [2.05, 4.69) is 5.32 Å². The molecule has 1 aliphatic rings. The van der Waals surface area contributed by atoms with Crippen molar-refractivity contribution in [3.05, 3.63) is 29.8 Å². The van der Waals surface area contributed by atoms with Gasteiger partial charge in [-0.25, -0.2) is 0 Å². The lowest BCUT2D eigenvalue weighted by molar-refractivity contribution is -0.140. The third kappa shape index (κ3) is 2.85. The number of carbonyl (C=O) groups excluding carboxylic acids is 1. The molecule has 2 atom stereocenters. The molecule has 0 saturated heterocycles. The number of benzene rings is 1. The Hall–Kier alpha value is -1.49. The first kappa shape index (κ1) is 13.0. The summed E-state index contributed by atoms with van der Waals surface area (Å²) in [5.74, 6) is -1.04. The summed E-state index contributed by atoms with van der Waals surface area (Å²) in [6, 6.07) is 7.60. The van der Waals surface area contributed by atoms with Crippen LogP contribution in [0.1, 0.15) is 12.5 Å². The topological polar surface area (TPSA) is 66.4 Å². The highest BCUT2D eigenvalue weighted by atomic mass is 32.2. The fourth-order valence-corrected chi connectivity index (χ4v) is 2.72. The van der Waals surface area contributed by atoms with Crippen molar-refractivity contribution in [2.45, 2.75) is 19.4 Å². The van der Waals surface area contributed by atoms with Gasteiger partial charge in [0.25, 0.3) is 0 Å². The smallest absolute Gasteiger partial charge is 0.307 e. The van der Waals surface area contributed by atoms with Crippen LogP contribution >= 0.6 is 11.8 Å². The fourth-order valence-electron chi connectivity index (χ4n) is 1.82. The first-order valence-electron chi connectivity index (χ1n) is 5.82. The highest BCUT2D eigenvalue weighted by Gasteiger charge is 2.27. The van der Waals surface area contributed by atoms with Crippen molar-refractivity contribution in [2.75, 3.05) is 11.1 Å². The Labute approximate surface area is 110 Å². The lowest BCUT2D eigenvalue weighted by Crippen LogP contribution is -2.25.